The van der Waals surface area contributed by atoms with Crippen molar-refractivity contribution in [2.75, 3.05) is 37.4 Å². The summed E-state index contributed by atoms with van der Waals surface area (Å²) in [6.45, 7) is 3.68. The molecule has 1 aliphatic heterocycles. The molecule has 0 radical (unpaired) electrons. The van der Waals surface area contributed by atoms with Crippen LogP contribution in [0.2, 0.25) is 0 Å². The highest BCUT2D eigenvalue weighted by Gasteiger charge is 2.24. The number of hydrogen-bond acceptors (Lipinski definition) is 8. The maximum Gasteiger partial charge on any atom is 0.257 e. The third kappa shape index (κ3) is 5.74. The Morgan fingerprint density at radius 1 is 1.25 bits per heavy atom. The predicted octanol–water partition coefficient (Wildman–Crippen LogP) is 2.45. The van der Waals surface area contributed by atoms with Crippen LogP contribution in [0.4, 0.5) is 5.13 Å². The van der Waals surface area contributed by atoms with E-state index in [-0.39, 0.29) is 11.7 Å². The maximum atomic E-state index is 12.5. The number of rotatable bonds is 8. The first-order valence-corrected chi connectivity index (χ1v) is 12.3. The lowest BCUT2D eigenvalue weighted by Gasteiger charge is -2.26. The van der Waals surface area contributed by atoms with E-state index in [1.165, 1.54) is 15.6 Å². The molecule has 28 heavy (non-hydrogen) atoms. The summed E-state index contributed by atoms with van der Waals surface area (Å²) in [5, 5.41) is 11.2. The number of thioether (sulfide) groups is 1. The molecule has 8 nitrogen and oxygen atoms in total. The fourth-order valence-electron chi connectivity index (χ4n) is 2.56. The Morgan fingerprint density at radius 2 is 1.96 bits per heavy atom. The van der Waals surface area contributed by atoms with E-state index in [4.69, 9.17) is 4.74 Å². The molecular formula is C17H22N4O4S3. The number of benzene rings is 1. The molecule has 0 unspecified atom stereocenters. The molecule has 0 saturated carbocycles. The Bertz CT molecular complexity index is 893. The van der Waals surface area contributed by atoms with E-state index in [0.717, 1.165) is 16.5 Å². The number of nitrogens with one attached hydrogen (secondary N) is 1. The fourth-order valence-corrected chi connectivity index (χ4v) is 5.73. The molecule has 2 heterocycles. The topological polar surface area (TPSA) is 101 Å². The standard InChI is InChI=1S/C17H22N4O4S3/c1-2-11-26-17-20-19-16(27-17)18-15(22)14-5-3-13(4-6-14)12-28(23,24)21-7-9-25-10-8-21/h3-6H,2,7-12H2,1H3,(H,18,19,22). The van der Waals surface area contributed by atoms with Crippen LogP contribution in [0.3, 0.4) is 0 Å². The highest BCUT2D eigenvalue weighted by atomic mass is 32.2. The maximum absolute atomic E-state index is 12.5. The molecule has 152 valence electrons. The molecule has 3 rings (SSSR count). The van der Waals surface area contributed by atoms with Crippen molar-refractivity contribution in [2.24, 2.45) is 0 Å². The summed E-state index contributed by atoms with van der Waals surface area (Å²) in [4.78, 5) is 12.4. The van der Waals surface area contributed by atoms with Gasteiger partial charge in [0.2, 0.25) is 15.2 Å². The highest BCUT2D eigenvalue weighted by molar-refractivity contribution is 8.01. The van der Waals surface area contributed by atoms with Gasteiger partial charge >= 0.3 is 0 Å². The number of morpholine rings is 1. The number of aromatic nitrogens is 2. The highest BCUT2D eigenvalue weighted by Crippen LogP contribution is 2.26. The van der Waals surface area contributed by atoms with Gasteiger partial charge < -0.3 is 4.74 Å². The zero-order chi connectivity index (χ0) is 20.0. The minimum Gasteiger partial charge on any atom is -0.379 e. The molecule has 1 aromatic heterocycles. The van der Waals surface area contributed by atoms with E-state index in [2.05, 4.69) is 22.4 Å². The van der Waals surface area contributed by atoms with Crippen LogP contribution in [-0.2, 0) is 20.5 Å². The fraction of sp³-hybridized carbons (Fsp3) is 0.471. The molecule has 1 aliphatic rings. The third-order valence-electron chi connectivity index (χ3n) is 3.99. The summed E-state index contributed by atoms with van der Waals surface area (Å²) in [6, 6.07) is 6.56. The monoisotopic (exact) mass is 442 g/mol. The number of amides is 1. The predicted molar refractivity (Wildman–Crippen MR) is 110 cm³/mol. The summed E-state index contributed by atoms with van der Waals surface area (Å²) in [6.07, 6.45) is 1.04. The lowest BCUT2D eigenvalue weighted by molar-refractivity contribution is 0.0729. The van der Waals surface area contributed by atoms with Crippen LogP contribution in [0.25, 0.3) is 0 Å². The second kappa shape index (κ2) is 9.79. The molecule has 1 N–H and O–H groups in total. The van der Waals surface area contributed by atoms with E-state index in [1.807, 2.05) is 0 Å². The lowest BCUT2D eigenvalue weighted by Crippen LogP contribution is -2.41. The van der Waals surface area contributed by atoms with Crippen LogP contribution in [0.1, 0.15) is 29.3 Å². The smallest absolute Gasteiger partial charge is 0.257 e. The zero-order valence-electron chi connectivity index (χ0n) is 15.5. The number of nitrogens with zero attached hydrogens (tertiary/aromatic N) is 3. The minimum atomic E-state index is -3.39. The molecule has 1 aromatic carbocycles. The SMILES string of the molecule is CCCSc1nnc(NC(=O)c2ccc(CS(=O)(=O)N3CCOCC3)cc2)s1. The second-order valence-electron chi connectivity index (χ2n) is 6.14. The van der Waals surface area contributed by atoms with Crippen LogP contribution in [-0.4, -0.2) is 60.9 Å². The second-order valence-corrected chi connectivity index (χ2v) is 10.4. The van der Waals surface area contributed by atoms with Crippen molar-refractivity contribution in [2.45, 2.75) is 23.4 Å². The van der Waals surface area contributed by atoms with E-state index in [9.17, 15) is 13.2 Å². The van der Waals surface area contributed by atoms with Gasteiger partial charge in [-0.3, -0.25) is 10.1 Å². The Kier molecular flexibility index (Phi) is 7.41. The zero-order valence-corrected chi connectivity index (χ0v) is 17.9. The summed E-state index contributed by atoms with van der Waals surface area (Å²) < 4.78 is 32.4. The summed E-state index contributed by atoms with van der Waals surface area (Å²) in [7, 11) is -3.39. The van der Waals surface area contributed by atoms with Crippen LogP contribution in [0, 0.1) is 0 Å². The van der Waals surface area contributed by atoms with E-state index < -0.39 is 10.0 Å². The van der Waals surface area contributed by atoms with Gasteiger partial charge in [-0.15, -0.1) is 10.2 Å². The van der Waals surface area contributed by atoms with Gasteiger partial charge in [-0.25, -0.2) is 8.42 Å². The van der Waals surface area contributed by atoms with Gasteiger partial charge in [-0.2, -0.15) is 4.31 Å². The van der Waals surface area contributed by atoms with Crippen molar-refractivity contribution in [1.29, 1.82) is 0 Å². The van der Waals surface area contributed by atoms with E-state index in [1.54, 1.807) is 36.0 Å². The molecule has 1 saturated heterocycles. The number of ether oxygens (including phenoxy) is 1. The molecule has 0 bridgehead atoms. The van der Waals surface area contributed by atoms with E-state index >= 15 is 0 Å². The molecule has 0 atom stereocenters. The molecule has 1 fully saturated rings. The summed E-state index contributed by atoms with van der Waals surface area (Å²) >= 11 is 2.94. The number of sulfonamides is 1. The minimum absolute atomic E-state index is 0.0939. The molecule has 1 amide bonds. The Labute approximate surface area is 172 Å². The van der Waals surface area contributed by atoms with Crippen molar-refractivity contribution < 1.29 is 17.9 Å². The Hall–Kier alpha value is -1.53. The van der Waals surface area contributed by atoms with Crippen LogP contribution in [0.5, 0.6) is 0 Å². The summed E-state index contributed by atoms with van der Waals surface area (Å²) in [5.41, 5.74) is 1.07. The number of carbonyl (C=O) groups excluding carboxylic acids is 1. The van der Waals surface area contributed by atoms with Crippen molar-refractivity contribution >= 4 is 44.2 Å². The van der Waals surface area contributed by atoms with Gasteiger partial charge in [0.1, 0.15) is 0 Å². The van der Waals surface area contributed by atoms with Crippen molar-refractivity contribution in [3.63, 3.8) is 0 Å². The largest absolute Gasteiger partial charge is 0.379 e. The average Bonchev–Trinajstić information content (AvgIpc) is 3.14. The van der Waals surface area contributed by atoms with Gasteiger partial charge in [0.15, 0.2) is 4.34 Å². The van der Waals surface area contributed by atoms with E-state index in [0.29, 0.717) is 42.6 Å². The first-order chi connectivity index (χ1) is 13.5. The van der Waals surface area contributed by atoms with Crippen molar-refractivity contribution in [3.05, 3.63) is 35.4 Å². The average molecular weight is 443 g/mol. The molecule has 0 aliphatic carbocycles. The van der Waals surface area contributed by atoms with Crippen LogP contribution in [0.15, 0.2) is 28.6 Å². The molecule has 0 spiro atoms. The van der Waals surface area contributed by atoms with Gasteiger partial charge in [0, 0.05) is 24.4 Å². The van der Waals surface area contributed by atoms with Crippen molar-refractivity contribution in [3.8, 4) is 0 Å². The summed E-state index contributed by atoms with van der Waals surface area (Å²) in [5.74, 6) is 0.562. The van der Waals surface area contributed by atoms with Crippen molar-refractivity contribution in [1.82, 2.24) is 14.5 Å². The van der Waals surface area contributed by atoms with Gasteiger partial charge in [0.05, 0.1) is 19.0 Å². The molecule has 11 heteroatoms. The first kappa shape index (κ1) is 21.2. The van der Waals surface area contributed by atoms with Crippen LogP contribution < -0.4 is 5.32 Å². The van der Waals surface area contributed by atoms with Gasteiger partial charge in [-0.05, 0) is 24.1 Å². The van der Waals surface area contributed by atoms with Gasteiger partial charge in [0.25, 0.3) is 5.91 Å². The van der Waals surface area contributed by atoms with Crippen LogP contribution >= 0.6 is 23.1 Å². The number of carbonyl (C=O) groups is 1. The molecule has 2 aromatic rings. The quantitative estimate of drug-likeness (QED) is 0.495. The Balaban J connectivity index is 1.58. The first-order valence-electron chi connectivity index (χ1n) is 8.90. The third-order valence-corrected chi connectivity index (χ3v) is 8.01. The normalized spacial score (nSPS) is 15.5. The Morgan fingerprint density at radius 3 is 2.64 bits per heavy atom. The lowest BCUT2D eigenvalue weighted by atomic mass is 10.1. The number of anilines is 1. The van der Waals surface area contributed by atoms with Gasteiger partial charge in [-0.1, -0.05) is 42.2 Å². The molecular weight excluding hydrogens is 420 g/mol. The number of hydrogen-bond donors (Lipinski definition) is 1.